The second kappa shape index (κ2) is 13.0. The lowest BCUT2D eigenvalue weighted by atomic mass is 9.58. The Balaban J connectivity index is 0.000000186. The Morgan fingerprint density at radius 2 is 1.76 bits per heavy atom. The average Bonchev–Trinajstić information content (AvgIpc) is 2.92. The predicted octanol–water partition coefficient (Wildman–Crippen LogP) is 6.49. The third-order valence-electron chi connectivity index (χ3n) is 8.12. The molecular weight excluding hydrogens is 474 g/mol. The summed E-state index contributed by atoms with van der Waals surface area (Å²) < 4.78 is 5.71. The number of amides is 1. The van der Waals surface area contributed by atoms with Crippen LogP contribution in [0.15, 0.2) is 67.0 Å². The molecule has 1 heterocycles. The highest BCUT2D eigenvalue weighted by molar-refractivity contribution is 5.94. The summed E-state index contributed by atoms with van der Waals surface area (Å²) in [6, 6.07) is 17.6. The molecule has 3 N–H and O–H groups in total. The van der Waals surface area contributed by atoms with Gasteiger partial charge in [0.05, 0.1) is 5.41 Å². The number of fused-ring (bicyclic) bond motifs is 3. The molecule has 2 aliphatic rings. The van der Waals surface area contributed by atoms with Crippen molar-refractivity contribution in [3.8, 4) is 0 Å². The molecule has 2 saturated carbocycles. The molecular formula is C32H41N3O3. The number of nitrogens with one attached hydrogen (secondary N) is 1. The van der Waals surface area contributed by atoms with Crippen LogP contribution in [0.2, 0.25) is 0 Å². The molecule has 1 aromatic heterocycles. The van der Waals surface area contributed by atoms with Gasteiger partial charge in [0.25, 0.3) is 0 Å². The van der Waals surface area contributed by atoms with Crippen molar-refractivity contribution >= 4 is 28.3 Å². The summed E-state index contributed by atoms with van der Waals surface area (Å²) in [6.45, 7) is 5.30. The van der Waals surface area contributed by atoms with E-state index in [1.807, 2.05) is 54.6 Å². The summed E-state index contributed by atoms with van der Waals surface area (Å²) in [4.78, 5) is 28.2. The maximum absolute atomic E-state index is 12.8. The van der Waals surface area contributed by atoms with Crippen LogP contribution in [0.25, 0.3) is 10.8 Å². The molecule has 2 fully saturated rings. The van der Waals surface area contributed by atoms with Gasteiger partial charge < -0.3 is 15.8 Å². The molecule has 3 aromatic rings. The summed E-state index contributed by atoms with van der Waals surface area (Å²) in [5, 5.41) is 4.91. The molecule has 6 nitrogen and oxygen atoms in total. The van der Waals surface area contributed by atoms with Gasteiger partial charge in [-0.2, -0.15) is 0 Å². The van der Waals surface area contributed by atoms with Crippen LogP contribution in [-0.4, -0.2) is 23.4 Å². The summed E-state index contributed by atoms with van der Waals surface area (Å²) >= 11 is 0. The minimum Gasteiger partial charge on any atom is -0.460 e. The zero-order chi connectivity index (χ0) is 27.0. The Morgan fingerprint density at radius 1 is 1.03 bits per heavy atom. The van der Waals surface area contributed by atoms with Crippen molar-refractivity contribution < 1.29 is 14.3 Å². The number of pyridine rings is 1. The van der Waals surface area contributed by atoms with Crippen LogP contribution < -0.4 is 11.1 Å². The van der Waals surface area contributed by atoms with E-state index in [0.717, 1.165) is 59.0 Å². The zero-order valence-corrected chi connectivity index (χ0v) is 22.7. The van der Waals surface area contributed by atoms with Crippen LogP contribution >= 0.6 is 0 Å². The van der Waals surface area contributed by atoms with Gasteiger partial charge in [-0.05, 0) is 85.4 Å². The summed E-state index contributed by atoms with van der Waals surface area (Å²) in [5.41, 5.74) is 6.95. The van der Waals surface area contributed by atoms with Gasteiger partial charge in [-0.3, -0.25) is 14.6 Å². The van der Waals surface area contributed by atoms with E-state index in [4.69, 9.17) is 10.5 Å². The number of nitrogens with zero attached hydrogens (tertiary/aromatic N) is 1. The normalized spacial score (nSPS) is 24.1. The van der Waals surface area contributed by atoms with Gasteiger partial charge in [-0.15, -0.1) is 0 Å². The van der Waals surface area contributed by atoms with E-state index in [2.05, 4.69) is 24.1 Å². The molecule has 2 aliphatic carbocycles. The molecule has 2 aromatic carbocycles. The van der Waals surface area contributed by atoms with Gasteiger partial charge in [0.15, 0.2) is 0 Å². The Labute approximate surface area is 226 Å². The number of carbonyl (C=O) groups is 2. The minimum absolute atomic E-state index is 0.0445. The fourth-order valence-electron chi connectivity index (χ4n) is 6.41. The lowest BCUT2D eigenvalue weighted by Gasteiger charge is -2.47. The van der Waals surface area contributed by atoms with Crippen LogP contribution in [0.4, 0.5) is 5.69 Å². The first-order valence-corrected chi connectivity index (χ1v) is 14.0. The Kier molecular flexibility index (Phi) is 9.51. The van der Waals surface area contributed by atoms with E-state index >= 15 is 0 Å². The Hall–Kier alpha value is -3.25. The minimum atomic E-state index is -0.220. The second-order valence-electron chi connectivity index (χ2n) is 11.2. The summed E-state index contributed by atoms with van der Waals surface area (Å²) in [7, 11) is 0. The molecule has 1 amide bonds. The number of hydrogen-bond acceptors (Lipinski definition) is 5. The number of ether oxygens (including phenoxy) is 1. The molecule has 0 radical (unpaired) electrons. The van der Waals surface area contributed by atoms with E-state index in [1.54, 1.807) is 12.4 Å². The monoisotopic (exact) mass is 515 g/mol. The van der Waals surface area contributed by atoms with Crippen molar-refractivity contribution in [1.82, 2.24) is 4.98 Å². The van der Waals surface area contributed by atoms with E-state index in [-0.39, 0.29) is 17.3 Å². The van der Waals surface area contributed by atoms with E-state index in [1.165, 1.54) is 19.3 Å². The quantitative estimate of drug-likeness (QED) is 0.351. The van der Waals surface area contributed by atoms with Crippen LogP contribution in [0, 0.1) is 23.2 Å². The Bertz CT molecular complexity index is 1190. The number of esters is 1. The van der Waals surface area contributed by atoms with E-state index in [0.29, 0.717) is 19.6 Å². The fraction of sp³-hybridized carbons (Fsp3) is 0.469. The molecule has 0 spiro atoms. The average molecular weight is 516 g/mol. The molecule has 2 unspecified atom stereocenters. The van der Waals surface area contributed by atoms with Gasteiger partial charge in [0.1, 0.15) is 6.61 Å². The SMILES string of the molecule is CCC1(C(=O)OCc2ccccc2)CC2CC(C)CC(C2)C1.NCCC(=O)Nc1ccc2cnccc2c1. The van der Waals surface area contributed by atoms with Gasteiger partial charge in [-0.1, -0.05) is 50.2 Å². The maximum atomic E-state index is 12.8. The first-order valence-electron chi connectivity index (χ1n) is 14.0. The lowest BCUT2D eigenvalue weighted by Crippen LogP contribution is -2.43. The molecule has 0 aliphatic heterocycles. The van der Waals surface area contributed by atoms with Gasteiger partial charge in [-0.25, -0.2) is 0 Å². The molecule has 0 saturated heterocycles. The van der Waals surface area contributed by atoms with Crippen molar-refractivity contribution in [3.63, 3.8) is 0 Å². The largest absolute Gasteiger partial charge is 0.460 e. The smallest absolute Gasteiger partial charge is 0.312 e. The highest BCUT2D eigenvalue weighted by Gasteiger charge is 2.48. The third kappa shape index (κ3) is 7.19. The first-order chi connectivity index (χ1) is 18.4. The number of benzene rings is 2. The highest BCUT2D eigenvalue weighted by Crippen LogP contribution is 2.52. The van der Waals surface area contributed by atoms with Gasteiger partial charge in [0, 0.05) is 36.4 Å². The van der Waals surface area contributed by atoms with Gasteiger partial charge >= 0.3 is 5.97 Å². The van der Waals surface area contributed by atoms with Crippen molar-refractivity contribution in [1.29, 1.82) is 0 Å². The van der Waals surface area contributed by atoms with Crippen LogP contribution in [0.3, 0.4) is 0 Å². The van der Waals surface area contributed by atoms with E-state index in [9.17, 15) is 9.59 Å². The first kappa shape index (κ1) is 27.8. The molecule has 2 atom stereocenters. The van der Waals surface area contributed by atoms with Crippen molar-refractivity contribution in [3.05, 3.63) is 72.6 Å². The number of hydrogen-bond donors (Lipinski definition) is 2. The highest BCUT2D eigenvalue weighted by atomic mass is 16.5. The fourth-order valence-corrected chi connectivity index (χ4v) is 6.41. The van der Waals surface area contributed by atoms with Crippen LogP contribution in [0.5, 0.6) is 0 Å². The molecule has 202 valence electrons. The zero-order valence-electron chi connectivity index (χ0n) is 22.7. The standard InChI is InChI=1S/C20H28O2.C12H13N3O/c1-3-20(12-17-9-15(2)10-18(11-17)13-20)19(21)22-14-16-7-5-4-6-8-16;13-5-3-12(16)15-11-2-1-10-8-14-6-4-9(10)7-11/h4-8,15,17-18H,3,9-14H2,1-2H3;1-2,4,6-8H,3,5,13H2,(H,15,16). The topological polar surface area (TPSA) is 94.3 Å². The number of carbonyl (C=O) groups excluding carboxylic acids is 2. The number of anilines is 1. The molecule has 2 bridgehead atoms. The number of nitrogens with two attached hydrogens (primary N) is 1. The Morgan fingerprint density at radius 3 is 2.45 bits per heavy atom. The molecule has 38 heavy (non-hydrogen) atoms. The summed E-state index contributed by atoms with van der Waals surface area (Å²) in [5.74, 6) is 2.27. The lowest BCUT2D eigenvalue weighted by molar-refractivity contribution is -0.164. The third-order valence-corrected chi connectivity index (χ3v) is 8.12. The maximum Gasteiger partial charge on any atom is 0.312 e. The molecule has 5 rings (SSSR count). The molecule has 6 heteroatoms. The van der Waals surface area contributed by atoms with Crippen molar-refractivity contribution in [2.24, 2.45) is 28.9 Å². The van der Waals surface area contributed by atoms with Gasteiger partial charge in [0.2, 0.25) is 5.91 Å². The second-order valence-corrected chi connectivity index (χ2v) is 11.2. The van der Waals surface area contributed by atoms with E-state index < -0.39 is 0 Å². The number of aromatic nitrogens is 1. The van der Waals surface area contributed by atoms with Crippen LogP contribution in [-0.2, 0) is 20.9 Å². The number of rotatable bonds is 7. The van der Waals surface area contributed by atoms with Crippen molar-refractivity contribution in [2.75, 3.05) is 11.9 Å². The van der Waals surface area contributed by atoms with Crippen molar-refractivity contribution in [2.45, 2.75) is 65.4 Å². The summed E-state index contributed by atoms with van der Waals surface area (Å²) in [6.07, 6.45) is 10.8. The van der Waals surface area contributed by atoms with Crippen LogP contribution in [0.1, 0.15) is 64.4 Å². The predicted molar refractivity (Wildman–Crippen MR) is 152 cm³/mol.